The number of aliphatic hydroxyl groups is 1. The minimum atomic E-state index is -2.11. The fourth-order valence-corrected chi connectivity index (χ4v) is 2.60. The van der Waals surface area contributed by atoms with Gasteiger partial charge in [0.25, 0.3) is 0 Å². The normalized spacial score (nSPS) is 40.9. The van der Waals surface area contributed by atoms with E-state index in [1.165, 1.54) is 0 Å². The zero-order valence-corrected chi connectivity index (χ0v) is 9.72. The Morgan fingerprint density at radius 3 is 2.29 bits per heavy atom. The maximum Gasteiger partial charge on any atom is 0.186 e. The zero-order valence-electron chi connectivity index (χ0n) is 8.90. The Hall–Kier alpha value is 0.0300. The van der Waals surface area contributed by atoms with E-state index in [-0.39, 0.29) is 0 Å². The average Bonchev–Trinajstić information content (AvgIpc) is 2.11. The number of hydrogen-bond donors (Lipinski definition) is 2. The lowest BCUT2D eigenvalue weighted by Gasteiger charge is -2.42. The second-order valence-corrected chi connectivity index (χ2v) is 5.74. The number of nitrogens with zero attached hydrogens (tertiary/aromatic N) is 1. The Kier molecular flexibility index (Phi) is 3.69. The second-order valence-electron chi connectivity index (χ2n) is 4.49. The molecular formula is C9H20NO3S+. The standard InChI is InChI=1S/C9H19NO3S/c1-3-6-10(2)7-4-9(11,5-8-10)14(12)13/h11H,3-8H2,1-2H3/p+1. The molecule has 2 N–H and O–H groups in total. The van der Waals surface area contributed by atoms with Crippen molar-refractivity contribution in [2.24, 2.45) is 0 Å². The van der Waals surface area contributed by atoms with Crippen LogP contribution in [0.15, 0.2) is 0 Å². The number of likely N-dealkylation sites (tertiary alicyclic amines) is 1. The first-order chi connectivity index (χ1) is 6.42. The van der Waals surface area contributed by atoms with Crippen molar-refractivity contribution >= 4 is 11.1 Å². The summed E-state index contributed by atoms with van der Waals surface area (Å²) in [5.74, 6) is 0. The highest BCUT2D eigenvalue weighted by Gasteiger charge is 2.43. The summed E-state index contributed by atoms with van der Waals surface area (Å²) in [5, 5.41) is 9.79. The van der Waals surface area contributed by atoms with Gasteiger partial charge in [-0.1, -0.05) is 6.92 Å². The number of hydrogen-bond acceptors (Lipinski definition) is 2. The van der Waals surface area contributed by atoms with Crippen LogP contribution in [0.3, 0.4) is 0 Å². The van der Waals surface area contributed by atoms with Gasteiger partial charge in [0.1, 0.15) is 0 Å². The first kappa shape index (κ1) is 12.1. The predicted octanol–water partition coefficient (Wildman–Crippen LogP) is 0.547. The lowest BCUT2D eigenvalue weighted by atomic mass is 10.0. The van der Waals surface area contributed by atoms with Crippen LogP contribution in [0.1, 0.15) is 26.2 Å². The number of piperidine rings is 1. The molecule has 0 spiro atoms. The maximum absolute atomic E-state index is 10.9. The van der Waals surface area contributed by atoms with Crippen LogP contribution < -0.4 is 0 Å². The molecule has 0 saturated carbocycles. The van der Waals surface area contributed by atoms with E-state index < -0.39 is 16.0 Å². The highest BCUT2D eigenvalue weighted by Crippen LogP contribution is 2.28. The van der Waals surface area contributed by atoms with E-state index in [9.17, 15) is 9.32 Å². The van der Waals surface area contributed by atoms with Crippen molar-refractivity contribution in [3.8, 4) is 0 Å². The van der Waals surface area contributed by atoms with E-state index in [0.29, 0.717) is 12.8 Å². The van der Waals surface area contributed by atoms with Gasteiger partial charge in [-0.2, -0.15) is 0 Å². The van der Waals surface area contributed by atoms with Crippen LogP contribution in [0.25, 0.3) is 0 Å². The SMILES string of the molecule is CCC[N+]1(C)CCC(O)(S(=O)O)CC1. The van der Waals surface area contributed by atoms with Gasteiger partial charge >= 0.3 is 0 Å². The molecule has 1 atom stereocenters. The Bertz CT molecular complexity index is 224. The van der Waals surface area contributed by atoms with E-state index in [4.69, 9.17) is 4.55 Å². The van der Waals surface area contributed by atoms with Gasteiger partial charge in [-0.05, 0) is 6.42 Å². The largest absolute Gasteiger partial charge is 0.374 e. The molecule has 1 aliphatic rings. The van der Waals surface area contributed by atoms with Crippen LogP contribution in [-0.2, 0) is 11.1 Å². The molecule has 0 aromatic rings. The number of rotatable bonds is 3. The summed E-state index contributed by atoms with van der Waals surface area (Å²) >= 11 is -2.11. The van der Waals surface area contributed by atoms with Crippen molar-refractivity contribution in [3.63, 3.8) is 0 Å². The van der Waals surface area contributed by atoms with Gasteiger partial charge in [0, 0.05) is 12.8 Å². The molecule has 1 rings (SSSR count). The van der Waals surface area contributed by atoms with Gasteiger partial charge in [-0.25, -0.2) is 4.21 Å². The molecule has 0 radical (unpaired) electrons. The summed E-state index contributed by atoms with van der Waals surface area (Å²) < 4.78 is 20.8. The fraction of sp³-hybridized carbons (Fsp3) is 1.00. The maximum atomic E-state index is 10.9. The van der Waals surface area contributed by atoms with E-state index in [1.54, 1.807) is 0 Å². The quantitative estimate of drug-likeness (QED) is 0.541. The van der Waals surface area contributed by atoms with Crippen molar-refractivity contribution in [2.45, 2.75) is 31.1 Å². The first-order valence-corrected chi connectivity index (χ1v) is 6.19. The summed E-state index contributed by atoms with van der Waals surface area (Å²) in [6, 6.07) is 0. The molecule has 0 bridgehead atoms. The van der Waals surface area contributed by atoms with Gasteiger partial charge in [0.15, 0.2) is 16.0 Å². The monoisotopic (exact) mass is 222 g/mol. The molecule has 1 saturated heterocycles. The summed E-state index contributed by atoms with van der Waals surface area (Å²) in [6.07, 6.45) is 1.95. The Balaban J connectivity index is 2.57. The highest BCUT2D eigenvalue weighted by molar-refractivity contribution is 7.80. The molecule has 5 heteroatoms. The Morgan fingerprint density at radius 1 is 1.43 bits per heavy atom. The third-order valence-corrected chi connectivity index (χ3v) is 4.23. The first-order valence-electron chi connectivity index (χ1n) is 5.09. The highest BCUT2D eigenvalue weighted by atomic mass is 32.2. The smallest absolute Gasteiger partial charge is 0.186 e. The third-order valence-electron chi connectivity index (χ3n) is 3.17. The average molecular weight is 222 g/mol. The molecule has 0 aromatic carbocycles. The van der Waals surface area contributed by atoms with Crippen molar-refractivity contribution in [1.29, 1.82) is 0 Å². The van der Waals surface area contributed by atoms with E-state index in [0.717, 1.165) is 30.5 Å². The summed E-state index contributed by atoms with van der Waals surface area (Å²) in [7, 11) is 2.14. The lowest BCUT2D eigenvalue weighted by Crippen LogP contribution is -2.56. The van der Waals surface area contributed by atoms with Gasteiger partial charge in [0.2, 0.25) is 0 Å². The molecule has 0 aromatic heterocycles. The van der Waals surface area contributed by atoms with Crippen molar-refractivity contribution in [1.82, 2.24) is 0 Å². The van der Waals surface area contributed by atoms with Crippen molar-refractivity contribution in [2.75, 3.05) is 26.7 Å². The molecule has 84 valence electrons. The molecule has 4 nitrogen and oxygen atoms in total. The van der Waals surface area contributed by atoms with E-state index >= 15 is 0 Å². The molecule has 0 aliphatic carbocycles. The second kappa shape index (κ2) is 4.26. The van der Waals surface area contributed by atoms with Crippen LogP contribution in [-0.4, -0.2) is 50.0 Å². The third kappa shape index (κ3) is 2.53. The summed E-state index contributed by atoms with van der Waals surface area (Å²) in [5.41, 5.74) is 0. The number of quaternary nitrogens is 1. The van der Waals surface area contributed by atoms with Crippen molar-refractivity contribution < 1.29 is 18.4 Å². The van der Waals surface area contributed by atoms with Crippen molar-refractivity contribution in [3.05, 3.63) is 0 Å². The van der Waals surface area contributed by atoms with Gasteiger partial charge in [-0.3, -0.25) is 0 Å². The Morgan fingerprint density at radius 2 is 1.93 bits per heavy atom. The minimum absolute atomic E-state index is 0.423. The molecule has 0 amide bonds. The zero-order chi connectivity index (χ0) is 10.8. The summed E-state index contributed by atoms with van der Waals surface area (Å²) in [6.45, 7) is 4.79. The van der Waals surface area contributed by atoms with Gasteiger partial charge in [0.05, 0.1) is 26.7 Å². The van der Waals surface area contributed by atoms with Gasteiger partial charge in [-0.15, -0.1) is 0 Å². The molecule has 1 aliphatic heterocycles. The molecular weight excluding hydrogens is 202 g/mol. The van der Waals surface area contributed by atoms with E-state index in [1.807, 2.05) is 0 Å². The van der Waals surface area contributed by atoms with Crippen LogP contribution in [0, 0.1) is 0 Å². The molecule has 1 heterocycles. The van der Waals surface area contributed by atoms with E-state index in [2.05, 4.69) is 14.0 Å². The predicted molar refractivity (Wildman–Crippen MR) is 56.0 cm³/mol. The molecule has 1 unspecified atom stereocenters. The summed E-state index contributed by atoms with van der Waals surface area (Å²) in [4.78, 5) is -1.36. The fourth-order valence-electron chi connectivity index (χ4n) is 2.06. The van der Waals surface area contributed by atoms with Crippen LogP contribution in [0.2, 0.25) is 0 Å². The van der Waals surface area contributed by atoms with Crippen LogP contribution >= 0.6 is 0 Å². The van der Waals surface area contributed by atoms with Crippen LogP contribution in [0.5, 0.6) is 0 Å². The molecule has 14 heavy (non-hydrogen) atoms. The van der Waals surface area contributed by atoms with Crippen LogP contribution in [0.4, 0.5) is 0 Å². The molecule has 1 fully saturated rings. The Labute approximate surface area is 87.8 Å². The lowest BCUT2D eigenvalue weighted by molar-refractivity contribution is -0.915. The topological polar surface area (TPSA) is 57.5 Å². The van der Waals surface area contributed by atoms with Gasteiger partial charge < -0.3 is 14.1 Å². The minimum Gasteiger partial charge on any atom is -0.374 e.